The Kier molecular flexibility index (Phi) is 13.2. The van der Waals surface area contributed by atoms with Crippen molar-refractivity contribution in [3.05, 3.63) is 0 Å². The molecule has 0 saturated heterocycles. The quantitative estimate of drug-likeness (QED) is 0.187. The lowest BCUT2D eigenvalue weighted by Crippen LogP contribution is -2.34. The molecule has 0 rings (SSSR count). The second-order valence-electron chi connectivity index (χ2n) is 9.47. The Morgan fingerprint density at radius 2 is 1.00 bits per heavy atom. The molecule has 0 bridgehead atoms. The van der Waals surface area contributed by atoms with Crippen molar-refractivity contribution in [2.75, 3.05) is 0 Å². The van der Waals surface area contributed by atoms with E-state index >= 15 is 0 Å². The highest BCUT2D eigenvalue weighted by atomic mass is 31.2. The normalized spacial score (nSPS) is 15.3. The van der Waals surface area contributed by atoms with Crippen LogP contribution in [0.15, 0.2) is 0 Å². The maximum Gasteiger partial charge on any atom is 0.290 e. The first kappa shape index (κ1) is 31.8. The molecule has 0 heterocycles. The second-order valence-corrected chi connectivity index (χ2v) is 18.6. The molecular formula is C26H44N2O2P2Si. The van der Waals surface area contributed by atoms with E-state index in [4.69, 9.17) is 6.42 Å². The van der Waals surface area contributed by atoms with Crippen LogP contribution in [0.4, 0.5) is 0 Å². The SMILES string of the molecule is C#CP(=O)(C#CC#CP(=O)(C#C[Si](CC)(CC)CC)N(C(C)C)C(C)C)N(C(C)C)C(C)C. The van der Waals surface area contributed by atoms with Gasteiger partial charge in [-0.3, -0.25) is 9.13 Å². The highest BCUT2D eigenvalue weighted by Crippen LogP contribution is 2.51. The van der Waals surface area contributed by atoms with Crippen molar-refractivity contribution < 1.29 is 9.13 Å². The summed E-state index contributed by atoms with van der Waals surface area (Å²) in [5.41, 5.74) is 14.7. The summed E-state index contributed by atoms with van der Waals surface area (Å²) in [6, 6.07) is 3.02. The van der Waals surface area contributed by atoms with Crippen LogP contribution in [-0.2, 0) is 9.13 Å². The summed E-state index contributed by atoms with van der Waals surface area (Å²) < 4.78 is 31.2. The van der Waals surface area contributed by atoms with E-state index in [1.165, 1.54) is 0 Å². The van der Waals surface area contributed by atoms with Crippen LogP contribution < -0.4 is 0 Å². The Morgan fingerprint density at radius 3 is 1.30 bits per heavy atom. The molecule has 184 valence electrons. The van der Waals surface area contributed by atoms with Gasteiger partial charge in [0.05, 0.1) is 0 Å². The number of terminal acetylenes is 1. The predicted molar refractivity (Wildman–Crippen MR) is 149 cm³/mol. The first-order valence-corrected chi connectivity index (χ1v) is 18.0. The predicted octanol–water partition coefficient (Wildman–Crippen LogP) is 7.30. The smallest absolute Gasteiger partial charge is 0.278 e. The molecule has 4 nitrogen and oxygen atoms in total. The first-order valence-electron chi connectivity index (χ1n) is 12.0. The van der Waals surface area contributed by atoms with Crippen LogP contribution in [0.25, 0.3) is 0 Å². The summed E-state index contributed by atoms with van der Waals surface area (Å²) in [5.74, 6) is 5.41. The van der Waals surface area contributed by atoms with Gasteiger partial charge in [-0.1, -0.05) is 20.8 Å². The van der Waals surface area contributed by atoms with Crippen LogP contribution in [0.5, 0.6) is 0 Å². The molecule has 0 spiro atoms. The van der Waals surface area contributed by atoms with Crippen LogP contribution in [-0.4, -0.2) is 41.6 Å². The fourth-order valence-electron chi connectivity index (χ4n) is 4.21. The van der Waals surface area contributed by atoms with E-state index in [2.05, 4.69) is 60.8 Å². The first-order chi connectivity index (χ1) is 15.2. The Bertz CT molecular complexity index is 947. The minimum absolute atomic E-state index is 0.00233. The van der Waals surface area contributed by atoms with Crippen molar-refractivity contribution >= 4 is 22.7 Å². The molecule has 7 heteroatoms. The molecule has 0 amide bonds. The molecule has 2 unspecified atom stereocenters. The van der Waals surface area contributed by atoms with Gasteiger partial charge in [0.2, 0.25) is 0 Å². The maximum atomic E-state index is 14.1. The molecule has 0 saturated carbocycles. The Balaban J connectivity index is 6.68. The fraction of sp³-hybridized carbons (Fsp3) is 0.692. The van der Waals surface area contributed by atoms with Crippen molar-refractivity contribution in [2.24, 2.45) is 0 Å². The zero-order chi connectivity index (χ0) is 26.0. The molecule has 0 aromatic heterocycles. The minimum Gasteiger partial charge on any atom is -0.278 e. The van der Waals surface area contributed by atoms with E-state index in [1.807, 2.05) is 60.1 Å². The van der Waals surface area contributed by atoms with Gasteiger partial charge in [0.25, 0.3) is 14.6 Å². The van der Waals surface area contributed by atoms with Gasteiger partial charge in [-0.05, 0) is 96.7 Å². The van der Waals surface area contributed by atoms with E-state index in [-0.39, 0.29) is 24.2 Å². The third-order valence-corrected chi connectivity index (χ3v) is 15.6. The number of hydrogen-bond donors (Lipinski definition) is 0. The van der Waals surface area contributed by atoms with Crippen molar-refractivity contribution in [2.45, 2.75) is 118 Å². The fourth-order valence-corrected chi connectivity index (χ4v) is 11.4. The molecule has 0 fully saturated rings. The van der Waals surface area contributed by atoms with E-state index in [1.54, 1.807) is 4.67 Å². The molecule has 0 N–H and O–H groups in total. The van der Waals surface area contributed by atoms with Crippen molar-refractivity contribution in [3.63, 3.8) is 0 Å². The minimum atomic E-state index is -3.36. The van der Waals surface area contributed by atoms with Crippen molar-refractivity contribution in [1.29, 1.82) is 0 Å². The number of nitrogens with zero attached hydrogens (tertiary/aromatic N) is 2. The van der Waals surface area contributed by atoms with Gasteiger partial charge in [0.15, 0.2) is 0 Å². The number of rotatable bonds is 9. The third-order valence-electron chi connectivity index (χ3n) is 5.92. The van der Waals surface area contributed by atoms with Gasteiger partial charge in [0, 0.05) is 35.5 Å². The van der Waals surface area contributed by atoms with E-state index in [0.717, 1.165) is 18.1 Å². The molecule has 2 atom stereocenters. The molecule has 33 heavy (non-hydrogen) atoms. The van der Waals surface area contributed by atoms with Gasteiger partial charge in [-0.25, -0.2) is 9.34 Å². The second kappa shape index (κ2) is 13.7. The summed E-state index contributed by atoms with van der Waals surface area (Å²) >= 11 is 0. The van der Waals surface area contributed by atoms with Gasteiger partial charge < -0.3 is 0 Å². The Morgan fingerprint density at radius 1 is 0.667 bits per heavy atom. The lowest BCUT2D eigenvalue weighted by atomic mass is 10.3. The molecule has 0 aliphatic heterocycles. The molecule has 0 radical (unpaired) electrons. The zero-order valence-corrected chi connectivity index (χ0v) is 25.4. The van der Waals surface area contributed by atoms with E-state index in [9.17, 15) is 9.13 Å². The maximum absolute atomic E-state index is 14.1. The average molecular weight is 507 g/mol. The Hall–Kier alpha value is -1.16. The van der Waals surface area contributed by atoms with Crippen molar-refractivity contribution in [1.82, 2.24) is 9.34 Å². The summed E-state index contributed by atoms with van der Waals surface area (Å²) in [6.07, 6.45) is 5.63. The van der Waals surface area contributed by atoms with Crippen LogP contribution in [0.1, 0.15) is 76.2 Å². The largest absolute Gasteiger partial charge is 0.290 e. The molecule has 0 aromatic carbocycles. The lowest BCUT2D eigenvalue weighted by molar-refractivity contribution is 0.307. The van der Waals surface area contributed by atoms with E-state index in [0.29, 0.717) is 0 Å². The average Bonchev–Trinajstić information content (AvgIpc) is 2.71. The molecule has 0 aliphatic carbocycles. The Labute approximate surface area is 205 Å². The summed E-state index contributed by atoms with van der Waals surface area (Å²) in [5, 5.41) is 0. The monoisotopic (exact) mass is 506 g/mol. The van der Waals surface area contributed by atoms with Gasteiger partial charge >= 0.3 is 0 Å². The summed E-state index contributed by atoms with van der Waals surface area (Å²) in [6.45, 7) is 22.3. The van der Waals surface area contributed by atoms with Crippen molar-refractivity contribution in [3.8, 4) is 46.5 Å². The summed E-state index contributed by atoms with van der Waals surface area (Å²) in [7, 11) is -8.51. The van der Waals surface area contributed by atoms with Crippen LogP contribution in [0.3, 0.4) is 0 Å². The third kappa shape index (κ3) is 8.53. The van der Waals surface area contributed by atoms with E-state index < -0.39 is 22.7 Å². The van der Waals surface area contributed by atoms with Crippen LogP contribution in [0.2, 0.25) is 18.1 Å². The van der Waals surface area contributed by atoms with Gasteiger partial charge in [0.1, 0.15) is 8.07 Å². The van der Waals surface area contributed by atoms with Gasteiger partial charge in [-0.2, -0.15) is 0 Å². The van der Waals surface area contributed by atoms with Crippen LogP contribution in [0, 0.1) is 46.5 Å². The molecule has 0 aliphatic rings. The zero-order valence-electron chi connectivity index (χ0n) is 22.6. The highest BCUT2D eigenvalue weighted by Gasteiger charge is 2.34. The highest BCUT2D eigenvalue weighted by molar-refractivity contribution is 7.72. The molecular weight excluding hydrogens is 462 g/mol. The van der Waals surface area contributed by atoms with Gasteiger partial charge in [-0.15, -0.1) is 12.0 Å². The number of hydrogen-bond acceptors (Lipinski definition) is 2. The summed E-state index contributed by atoms with van der Waals surface area (Å²) in [4.78, 5) is 0. The molecule has 0 aromatic rings. The lowest BCUT2D eigenvalue weighted by Gasteiger charge is -2.32. The topological polar surface area (TPSA) is 40.6 Å². The standard InChI is InChI=1S/C26H44N2O2P2Si/c1-13-31(29,27(23(5)6)24(7)8)19-17-18-20-32(30,28(25(9)10)26(11)12)21-22-33(14-2,15-3)16-4/h1,23-26H,14-16H2,2-12H3. The van der Waals surface area contributed by atoms with Crippen LogP contribution >= 0.6 is 14.6 Å².